The number of benzene rings is 3. The van der Waals surface area contributed by atoms with Crippen molar-refractivity contribution >= 4 is 35.0 Å². The average molecular weight is 604 g/mol. The number of urea groups is 2. The number of rotatable bonds is 7. The molecule has 3 aromatic carbocycles. The number of hydrogen-bond donors (Lipinski definition) is 4. The van der Waals surface area contributed by atoms with Crippen LogP contribution in [-0.2, 0) is 11.2 Å². The number of fused-ring (bicyclic) bond motifs is 2. The lowest BCUT2D eigenvalue weighted by atomic mass is 10.0. The van der Waals surface area contributed by atoms with Gasteiger partial charge < -0.3 is 45.1 Å². The van der Waals surface area contributed by atoms with Crippen molar-refractivity contribution in [1.29, 1.82) is 0 Å². The summed E-state index contributed by atoms with van der Waals surface area (Å²) in [5, 5.41) is 18.4. The van der Waals surface area contributed by atoms with Crippen LogP contribution in [0.5, 0.6) is 17.2 Å². The molecule has 0 fully saturated rings. The first-order valence-corrected chi connectivity index (χ1v) is 14.4. The molecule has 5 amide bonds. The van der Waals surface area contributed by atoms with Gasteiger partial charge in [0.1, 0.15) is 11.9 Å². The molecule has 2 aliphatic rings. The molecule has 3 aromatic rings. The van der Waals surface area contributed by atoms with Crippen LogP contribution >= 0.6 is 0 Å². The van der Waals surface area contributed by atoms with Gasteiger partial charge >= 0.3 is 12.1 Å². The number of anilines is 3. The molecule has 3 atom stereocenters. The SMILES string of the molecule is C[C@H]1CN([C@@H](C)CO)C(=O)Cc2cc(NC(=O)Nc3ccc4c(c3)OCO4)ccc2O[C@H]1CN(C)C(=O)Nc1ccccc1. The van der Waals surface area contributed by atoms with Gasteiger partial charge in [-0.15, -0.1) is 0 Å². The molecule has 12 heteroatoms. The standard InChI is InChI=1S/C32H37N5O7/c1-20-16-37(21(2)18-38)30(39)14-22-13-24(33-31(40)34-25-10-12-27-28(15-25)43-19-42-27)9-11-26(22)44-29(20)17-36(3)32(41)35-23-7-5-4-6-8-23/h4-13,15,20-21,29,38H,14,16-19H2,1-3H3,(H,35,41)(H2,33,34,40)/t20-,21-,29-/m0/s1. The maximum Gasteiger partial charge on any atom is 0.323 e. The van der Waals surface area contributed by atoms with Crippen LogP contribution in [0.4, 0.5) is 26.7 Å². The minimum atomic E-state index is -0.479. The molecule has 0 aromatic heterocycles. The minimum Gasteiger partial charge on any atom is -0.488 e. The van der Waals surface area contributed by atoms with Gasteiger partial charge in [-0.25, -0.2) is 9.59 Å². The normalized spacial score (nSPS) is 18.1. The van der Waals surface area contributed by atoms with Gasteiger partial charge in [0.2, 0.25) is 12.7 Å². The Balaban J connectivity index is 1.34. The van der Waals surface area contributed by atoms with Crippen LogP contribution in [0.1, 0.15) is 19.4 Å². The number of hydrogen-bond acceptors (Lipinski definition) is 7. The van der Waals surface area contributed by atoms with Gasteiger partial charge in [-0.3, -0.25) is 4.79 Å². The largest absolute Gasteiger partial charge is 0.488 e. The highest BCUT2D eigenvalue weighted by Crippen LogP contribution is 2.34. The number of carbonyl (C=O) groups is 3. The summed E-state index contributed by atoms with van der Waals surface area (Å²) in [7, 11) is 1.69. The number of aliphatic hydroxyl groups is 1. The summed E-state index contributed by atoms with van der Waals surface area (Å²) >= 11 is 0. The van der Waals surface area contributed by atoms with Gasteiger partial charge in [0.25, 0.3) is 0 Å². The Morgan fingerprint density at radius 1 is 0.955 bits per heavy atom. The molecule has 2 aliphatic heterocycles. The predicted octanol–water partition coefficient (Wildman–Crippen LogP) is 4.37. The third-order valence-corrected chi connectivity index (χ3v) is 7.63. The Kier molecular flexibility index (Phi) is 9.39. The van der Waals surface area contributed by atoms with Crippen LogP contribution in [0, 0.1) is 5.92 Å². The van der Waals surface area contributed by atoms with E-state index in [1.165, 1.54) is 0 Å². The molecule has 0 spiro atoms. The van der Waals surface area contributed by atoms with Crippen molar-refractivity contribution in [3.63, 3.8) is 0 Å². The van der Waals surface area contributed by atoms with Crippen LogP contribution in [0.3, 0.4) is 0 Å². The summed E-state index contributed by atoms with van der Waals surface area (Å²) in [6.07, 6.45) is -0.476. The van der Waals surface area contributed by atoms with Crippen LogP contribution in [0.25, 0.3) is 0 Å². The Hall–Kier alpha value is -4.97. The molecule has 5 rings (SSSR count). The van der Waals surface area contributed by atoms with E-state index in [9.17, 15) is 19.5 Å². The second-order valence-corrected chi connectivity index (χ2v) is 11.0. The van der Waals surface area contributed by atoms with Gasteiger partial charge in [-0.1, -0.05) is 25.1 Å². The Morgan fingerprint density at radius 2 is 1.64 bits per heavy atom. The molecule has 12 nitrogen and oxygen atoms in total. The van der Waals surface area contributed by atoms with Crippen molar-refractivity contribution in [1.82, 2.24) is 9.80 Å². The summed E-state index contributed by atoms with van der Waals surface area (Å²) in [4.78, 5) is 42.5. The summed E-state index contributed by atoms with van der Waals surface area (Å²) in [5.41, 5.74) is 2.23. The summed E-state index contributed by atoms with van der Waals surface area (Å²) < 4.78 is 17.2. The van der Waals surface area contributed by atoms with Crippen molar-refractivity contribution in [2.75, 3.05) is 49.5 Å². The fourth-order valence-electron chi connectivity index (χ4n) is 5.09. The topological polar surface area (TPSA) is 142 Å². The van der Waals surface area contributed by atoms with E-state index >= 15 is 0 Å². The number of ether oxygens (including phenoxy) is 3. The van der Waals surface area contributed by atoms with Crippen LogP contribution in [0.2, 0.25) is 0 Å². The third-order valence-electron chi connectivity index (χ3n) is 7.63. The van der Waals surface area contributed by atoms with E-state index in [1.807, 2.05) is 37.3 Å². The molecule has 0 aliphatic carbocycles. The summed E-state index contributed by atoms with van der Waals surface area (Å²) in [6, 6.07) is 18.2. The molecule has 0 radical (unpaired) electrons. The first kappa shape index (κ1) is 30.5. The fourth-order valence-corrected chi connectivity index (χ4v) is 5.09. The molecule has 0 saturated carbocycles. The molecule has 0 bridgehead atoms. The van der Waals surface area contributed by atoms with Gasteiger partial charge in [-0.05, 0) is 49.4 Å². The first-order chi connectivity index (χ1) is 21.2. The van der Waals surface area contributed by atoms with Gasteiger partial charge in [0.05, 0.1) is 25.6 Å². The van der Waals surface area contributed by atoms with Crippen molar-refractivity contribution in [2.24, 2.45) is 5.92 Å². The van der Waals surface area contributed by atoms with Crippen molar-refractivity contribution < 1.29 is 33.7 Å². The van der Waals surface area contributed by atoms with Gasteiger partial charge in [-0.2, -0.15) is 0 Å². The fraction of sp³-hybridized carbons (Fsp3) is 0.344. The highest BCUT2D eigenvalue weighted by Gasteiger charge is 2.32. The molecular weight excluding hydrogens is 566 g/mol. The number of likely N-dealkylation sites (N-methyl/N-ethyl adjacent to an activating group) is 1. The molecule has 0 saturated heterocycles. The van der Waals surface area contributed by atoms with Crippen LogP contribution < -0.4 is 30.2 Å². The van der Waals surface area contributed by atoms with E-state index in [0.29, 0.717) is 46.4 Å². The number of aliphatic hydroxyl groups excluding tert-OH is 1. The third kappa shape index (κ3) is 7.32. The van der Waals surface area contributed by atoms with Crippen LogP contribution in [-0.4, -0.2) is 78.6 Å². The van der Waals surface area contributed by atoms with Gasteiger partial charge in [0, 0.05) is 48.2 Å². The van der Waals surface area contributed by atoms with Crippen LogP contribution in [0.15, 0.2) is 66.7 Å². The smallest absolute Gasteiger partial charge is 0.323 e. The first-order valence-electron chi connectivity index (χ1n) is 14.4. The number of carbonyl (C=O) groups excluding carboxylic acids is 3. The number of nitrogens with zero attached hydrogens (tertiary/aromatic N) is 2. The molecule has 4 N–H and O–H groups in total. The number of amides is 5. The molecule has 232 valence electrons. The molecule has 0 unspecified atom stereocenters. The Labute approximate surface area is 255 Å². The summed E-state index contributed by atoms with van der Waals surface area (Å²) in [6.45, 7) is 4.25. The summed E-state index contributed by atoms with van der Waals surface area (Å²) in [5.74, 6) is 1.27. The highest BCUT2D eigenvalue weighted by molar-refractivity contribution is 6.00. The van der Waals surface area contributed by atoms with Crippen molar-refractivity contribution in [2.45, 2.75) is 32.4 Å². The van der Waals surface area contributed by atoms with Crippen molar-refractivity contribution in [3.05, 3.63) is 72.3 Å². The predicted molar refractivity (Wildman–Crippen MR) is 165 cm³/mol. The maximum absolute atomic E-state index is 13.5. The zero-order valence-corrected chi connectivity index (χ0v) is 24.9. The Morgan fingerprint density at radius 3 is 2.36 bits per heavy atom. The Bertz CT molecular complexity index is 1500. The van der Waals surface area contributed by atoms with E-state index in [1.54, 1.807) is 60.2 Å². The minimum absolute atomic E-state index is 0.00272. The second-order valence-electron chi connectivity index (χ2n) is 11.0. The molecule has 44 heavy (non-hydrogen) atoms. The highest BCUT2D eigenvalue weighted by atomic mass is 16.7. The van der Waals surface area contributed by atoms with E-state index in [2.05, 4.69) is 16.0 Å². The quantitative estimate of drug-likeness (QED) is 0.314. The molecule has 2 heterocycles. The molecular formula is C32H37N5O7. The lowest BCUT2D eigenvalue weighted by Gasteiger charge is -2.34. The average Bonchev–Trinajstić information content (AvgIpc) is 3.49. The van der Waals surface area contributed by atoms with Gasteiger partial charge in [0.15, 0.2) is 11.5 Å². The number of para-hydroxylation sites is 1. The van der Waals surface area contributed by atoms with E-state index in [-0.39, 0.29) is 44.2 Å². The number of nitrogens with one attached hydrogen (secondary N) is 3. The zero-order chi connectivity index (χ0) is 31.2. The second kappa shape index (κ2) is 13.6. The van der Waals surface area contributed by atoms with Crippen molar-refractivity contribution in [3.8, 4) is 17.2 Å². The lowest BCUT2D eigenvalue weighted by Crippen LogP contribution is -2.48. The zero-order valence-electron chi connectivity index (χ0n) is 24.9. The van der Waals surface area contributed by atoms with E-state index < -0.39 is 18.2 Å². The monoisotopic (exact) mass is 603 g/mol. The lowest BCUT2D eigenvalue weighted by molar-refractivity contribution is -0.134. The van der Waals surface area contributed by atoms with E-state index in [0.717, 1.165) is 0 Å². The van der Waals surface area contributed by atoms with E-state index in [4.69, 9.17) is 14.2 Å². The maximum atomic E-state index is 13.5.